The third-order valence-corrected chi connectivity index (χ3v) is 4.58. The summed E-state index contributed by atoms with van der Waals surface area (Å²) >= 11 is 0. The highest BCUT2D eigenvalue weighted by Gasteiger charge is 2.42. The van der Waals surface area contributed by atoms with Gasteiger partial charge in [-0.05, 0) is 31.7 Å². The summed E-state index contributed by atoms with van der Waals surface area (Å²) in [6.07, 6.45) is 3.99. The largest absolute Gasteiger partial charge is 0.391 e. The molecule has 22 heavy (non-hydrogen) atoms. The lowest BCUT2D eigenvalue weighted by molar-refractivity contribution is -0.126. The van der Waals surface area contributed by atoms with Crippen LogP contribution in [-0.4, -0.2) is 37.4 Å². The van der Waals surface area contributed by atoms with Crippen LogP contribution in [0.1, 0.15) is 43.2 Å². The first kappa shape index (κ1) is 17.0. The number of methoxy groups -OCH3 is 1. The van der Waals surface area contributed by atoms with Crippen LogP contribution in [0.3, 0.4) is 0 Å². The quantitative estimate of drug-likeness (QED) is 0.813. The monoisotopic (exact) mass is 305 g/mol. The number of amides is 1. The molecule has 4 heteroatoms. The van der Waals surface area contributed by atoms with E-state index in [9.17, 15) is 9.90 Å². The molecule has 1 aliphatic rings. The minimum Gasteiger partial charge on any atom is -0.391 e. The van der Waals surface area contributed by atoms with Crippen molar-refractivity contribution in [2.75, 3.05) is 20.3 Å². The number of aliphatic hydroxyl groups excluding tert-OH is 1. The van der Waals surface area contributed by atoms with Crippen molar-refractivity contribution in [1.29, 1.82) is 0 Å². The van der Waals surface area contributed by atoms with E-state index in [1.54, 1.807) is 7.11 Å². The Hall–Kier alpha value is -1.39. The van der Waals surface area contributed by atoms with Crippen molar-refractivity contribution in [2.24, 2.45) is 0 Å². The molecule has 1 aromatic carbocycles. The maximum absolute atomic E-state index is 12.8. The number of nitrogens with one attached hydrogen (secondary N) is 1. The van der Waals surface area contributed by atoms with Crippen molar-refractivity contribution in [3.8, 4) is 0 Å². The summed E-state index contributed by atoms with van der Waals surface area (Å²) < 4.78 is 4.90. The topological polar surface area (TPSA) is 58.6 Å². The molecule has 0 radical (unpaired) electrons. The fraction of sp³-hybridized carbons (Fsp3) is 0.611. The zero-order valence-electron chi connectivity index (χ0n) is 13.6. The zero-order valence-corrected chi connectivity index (χ0v) is 13.6. The Bertz CT molecular complexity index is 495. The molecule has 0 spiro atoms. The maximum Gasteiger partial charge on any atom is 0.230 e. The van der Waals surface area contributed by atoms with E-state index in [1.807, 2.05) is 6.07 Å². The second kappa shape index (κ2) is 7.75. The van der Waals surface area contributed by atoms with E-state index in [2.05, 4.69) is 30.4 Å². The second-order valence-corrected chi connectivity index (χ2v) is 6.31. The summed E-state index contributed by atoms with van der Waals surface area (Å²) in [5.41, 5.74) is 1.92. The van der Waals surface area contributed by atoms with Crippen molar-refractivity contribution < 1.29 is 14.6 Å². The zero-order chi connectivity index (χ0) is 16.0. The van der Waals surface area contributed by atoms with Gasteiger partial charge in [-0.15, -0.1) is 0 Å². The van der Waals surface area contributed by atoms with E-state index in [1.165, 1.54) is 5.56 Å². The summed E-state index contributed by atoms with van der Waals surface area (Å²) in [6.45, 7) is 2.85. The number of aryl methyl sites for hydroxylation is 1. The van der Waals surface area contributed by atoms with Crippen molar-refractivity contribution in [3.63, 3.8) is 0 Å². The molecular weight excluding hydrogens is 278 g/mol. The number of hydrogen-bond acceptors (Lipinski definition) is 3. The third-order valence-electron chi connectivity index (χ3n) is 4.58. The van der Waals surface area contributed by atoms with E-state index in [4.69, 9.17) is 4.74 Å². The molecule has 2 rings (SSSR count). The number of carbonyl (C=O) groups excluding carboxylic acids is 1. The lowest BCUT2D eigenvalue weighted by atomic mass is 9.77. The van der Waals surface area contributed by atoms with Crippen molar-refractivity contribution in [2.45, 2.75) is 50.5 Å². The van der Waals surface area contributed by atoms with Crippen molar-refractivity contribution in [1.82, 2.24) is 5.32 Å². The highest BCUT2D eigenvalue weighted by atomic mass is 16.5. The number of carbonyl (C=O) groups is 1. The molecule has 0 bridgehead atoms. The Morgan fingerprint density at radius 3 is 2.77 bits per heavy atom. The average Bonchev–Trinajstić information content (AvgIpc) is 2.98. The minimum absolute atomic E-state index is 0.0974. The van der Waals surface area contributed by atoms with Gasteiger partial charge in [-0.2, -0.15) is 0 Å². The van der Waals surface area contributed by atoms with Crippen LogP contribution >= 0.6 is 0 Å². The summed E-state index contributed by atoms with van der Waals surface area (Å²) in [4.78, 5) is 12.8. The molecule has 1 fully saturated rings. The van der Waals surface area contributed by atoms with Gasteiger partial charge in [-0.3, -0.25) is 4.79 Å². The van der Waals surface area contributed by atoms with Gasteiger partial charge in [0.1, 0.15) is 0 Å². The Kier molecular flexibility index (Phi) is 5.98. The molecule has 0 heterocycles. The van der Waals surface area contributed by atoms with Crippen LogP contribution < -0.4 is 5.32 Å². The van der Waals surface area contributed by atoms with Gasteiger partial charge in [0, 0.05) is 13.7 Å². The van der Waals surface area contributed by atoms with Gasteiger partial charge in [-0.1, -0.05) is 42.7 Å². The lowest BCUT2D eigenvalue weighted by Crippen LogP contribution is -2.43. The minimum atomic E-state index is -0.524. The van der Waals surface area contributed by atoms with E-state index in [-0.39, 0.29) is 5.91 Å². The molecule has 0 aromatic heterocycles. The van der Waals surface area contributed by atoms with Crippen LogP contribution in [0.4, 0.5) is 0 Å². The SMILES string of the molecule is COCC(O)CCNC(=O)C1(c2cccc(C)c2)CCCC1. The molecular formula is C18H27NO3. The first-order chi connectivity index (χ1) is 10.6. The molecule has 0 aliphatic heterocycles. The van der Waals surface area contributed by atoms with Crippen molar-refractivity contribution in [3.05, 3.63) is 35.4 Å². The number of ether oxygens (including phenoxy) is 1. The number of aliphatic hydroxyl groups is 1. The highest BCUT2D eigenvalue weighted by Crippen LogP contribution is 2.41. The van der Waals surface area contributed by atoms with E-state index >= 15 is 0 Å². The van der Waals surface area contributed by atoms with Gasteiger partial charge in [0.25, 0.3) is 0 Å². The van der Waals surface area contributed by atoms with Gasteiger partial charge < -0.3 is 15.2 Å². The molecule has 0 saturated heterocycles. The molecule has 1 amide bonds. The third kappa shape index (κ3) is 3.87. The second-order valence-electron chi connectivity index (χ2n) is 6.31. The van der Waals surface area contributed by atoms with Crippen LogP contribution in [0.15, 0.2) is 24.3 Å². The van der Waals surface area contributed by atoms with E-state index in [0.717, 1.165) is 31.2 Å². The molecule has 1 saturated carbocycles. The number of hydrogen-bond donors (Lipinski definition) is 2. The van der Waals surface area contributed by atoms with Gasteiger partial charge in [-0.25, -0.2) is 0 Å². The van der Waals surface area contributed by atoms with Gasteiger partial charge in [0.2, 0.25) is 5.91 Å². The molecule has 1 aromatic rings. The molecule has 4 nitrogen and oxygen atoms in total. The molecule has 2 N–H and O–H groups in total. The van der Waals surface area contributed by atoms with Crippen LogP contribution in [0.5, 0.6) is 0 Å². The Balaban J connectivity index is 2.03. The number of rotatable bonds is 7. The first-order valence-electron chi connectivity index (χ1n) is 8.11. The summed E-state index contributed by atoms with van der Waals surface area (Å²) in [7, 11) is 1.56. The summed E-state index contributed by atoms with van der Waals surface area (Å²) in [6, 6.07) is 8.29. The van der Waals surface area contributed by atoms with Gasteiger partial charge in [0.15, 0.2) is 0 Å². The van der Waals surface area contributed by atoms with E-state index < -0.39 is 11.5 Å². The van der Waals surface area contributed by atoms with Gasteiger partial charge in [0.05, 0.1) is 18.1 Å². The fourth-order valence-corrected chi connectivity index (χ4v) is 3.37. The Labute approximate surface area is 132 Å². The Morgan fingerprint density at radius 2 is 2.14 bits per heavy atom. The molecule has 1 aliphatic carbocycles. The van der Waals surface area contributed by atoms with Crippen molar-refractivity contribution >= 4 is 5.91 Å². The molecule has 1 atom stereocenters. The summed E-state index contributed by atoms with van der Waals surface area (Å²) in [5.74, 6) is 0.0974. The summed E-state index contributed by atoms with van der Waals surface area (Å²) in [5, 5.41) is 12.7. The standard InChI is InChI=1S/C18H27NO3/c1-14-6-5-7-15(12-14)18(9-3-4-10-18)17(21)19-11-8-16(20)13-22-2/h5-7,12,16,20H,3-4,8-11,13H2,1-2H3,(H,19,21). The van der Waals surface area contributed by atoms with Gasteiger partial charge >= 0.3 is 0 Å². The van der Waals surface area contributed by atoms with E-state index in [0.29, 0.717) is 19.6 Å². The predicted molar refractivity (Wildman–Crippen MR) is 86.8 cm³/mol. The fourth-order valence-electron chi connectivity index (χ4n) is 3.37. The Morgan fingerprint density at radius 1 is 1.41 bits per heavy atom. The smallest absolute Gasteiger partial charge is 0.230 e. The average molecular weight is 305 g/mol. The first-order valence-corrected chi connectivity index (χ1v) is 8.11. The normalized spacial score (nSPS) is 18.1. The van der Waals surface area contributed by atoms with Crippen LogP contribution in [0.2, 0.25) is 0 Å². The van der Waals surface area contributed by atoms with Crippen LogP contribution in [-0.2, 0) is 14.9 Å². The predicted octanol–water partition coefficient (Wildman–Crippen LogP) is 2.32. The molecule has 122 valence electrons. The van der Waals surface area contributed by atoms with Crippen LogP contribution in [0, 0.1) is 6.92 Å². The number of benzene rings is 1. The molecule has 1 unspecified atom stereocenters. The highest BCUT2D eigenvalue weighted by molar-refractivity contribution is 5.88. The maximum atomic E-state index is 12.8. The van der Waals surface area contributed by atoms with Crippen LogP contribution in [0.25, 0.3) is 0 Å². The lowest BCUT2D eigenvalue weighted by Gasteiger charge is -2.29.